The van der Waals surface area contributed by atoms with Crippen molar-refractivity contribution in [1.82, 2.24) is 0 Å². The summed E-state index contributed by atoms with van der Waals surface area (Å²) in [6, 6.07) is 7.86. The van der Waals surface area contributed by atoms with Crippen molar-refractivity contribution in [2.45, 2.75) is 65.2 Å². The quantitative estimate of drug-likeness (QED) is 0.0213. The number of hydrogen-bond acceptors (Lipinski definition) is 10. The van der Waals surface area contributed by atoms with E-state index >= 15 is 0 Å². The van der Waals surface area contributed by atoms with Gasteiger partial charge in [-0.3, -0.25) is 14.4 Å². The molecule has 0 aliphatic rings. The van der Waals surface area contributed by atoms with E-state index in [0.717, 1.165) is 38.5 Å². The van der Waals surface area contributed by atoms with Crippen LogP contribution in [0.3, 0.4) is 0 Å². The van der Waals surface area contributed by atoms with Gasteiger partial charge in [-0.05, 0) is 60.8 Å². The molecule has 0 radical (unpaired) electrons. The first-order chi connectivity index (χ1) is 19.3. The fourth-order valence-electron chi connectivity index (χ4n) is 2.78. The summed E-state index contributed by atoms with van der Waals surface area (Å²) in [4.78, 5) is 54.0. The van der Waals surface area contributed by atoms with Crippen molar-refractivity contribution in [1.29, 1.82) is 0 Å². The van der Waals surface area contributed by atoms with E-state index in [0.29, 0.717) is 24.2 Å². The third-order valence-electron chi connectivity index (χ3n) is 4.79. The molecule has 0 atom stereocenters. The number of anilines is 2. The molecular weight excluding hydrogens is 642 g/mol. The Hall–Kier alpha value is -1.09. The molecule has 0 heterocycles. The normalized spacial score (nSPS) is 8.84. The van der Waals surface area contributed by atoms with Gasteiger partial charge in [-0.15, -0.1) is 0 Å². The molecule has 2 rings (SSSR count). The summed E-state index contributed by atoms with van der Waals surface area (Å²) in [7, 11) is 0. The number of carbonyl (C=O) groups excluding carboxylic acids is 3. The number of carbonyl (C=O) groups is 5. The minimum Gasteiger partial charge on any atom is -1.00 e. The Balaban J connectivity index is -0.000000168. The molecule has 43 heavy (non-hydrogen) atoms. The van der Waals surface area contributed by atoms with Crippen molar-refractivity contribution in [3.8, 4) is 11.5 Å². The Kier molecular flexibility index (Phi) is 35.1. The fraction of sp³-hybridized carbons (Fsp3) is 0.370. The van der Waals surface area contributed by atoms with Crippen LogP contribution in [-0.4, -0.2) is 50.0 Å². The predicted molar refractivity (Wildman–Crippen MR) is 151 cm³/mol. The third-order valence-corrected chi connectivity index (χ3v) is 4.97. The molecular formula is C27H37ClK2N2O11. The maximum absolute atomic E-state index is 11.5. The van der Waals surface area contributed by atoms with Crippen molar-refractivity contribution in [2.75, 3.05) is 11.1 Å². The van der Waals surface area contributed by atoms with Gasteiger partial charge in [0.1, 0.15) is 22.6 Å². The van der Waals surface area contributed by atoms with E-state index in [-0.39, 0.29) is 144 Å². The topological polar surface area (TPSA) is 237 Å². The predicted octanol–water partition coefficient (Wildman–Crippen LogP) is -1.83. The van der Waals surface area contributed by atoms with Gasteiger partial charge in [0, 0.05) is 24.2 Å². The maximum Gasteiger partial charge on any atom is 1.00 e. The number of aromatic carboxylic acids is 2. The third kappa shape index (κ3) is 27.0. The van der Waals surface area contributed by atoms with Gasteiger partial charge >= 0.3 is 115 Å². The van der Waals surface area contributed by atoms with Crippen LogP contribution in [-0.2, 0) is 19.3 Å². The summed E-state index contributed by atoms with van der Waals surface area (Å²) < 4.78 is 0. The second-order valence-corrected chi connectivity index (χ2v) is 8.55. The van der Waals surface area contributed by atoms with Crippen LogP contribution in [0.2, 0.25) is 0 Å². The van der Waals surface area contributed by atoms with Crippen molar-refractivity contribution in [2.24, 2.45) is 0 Å². The molecule has 0 aromatic heterocycles. The van der Waals surface area contributed by atoms with Crippen LogP contribution < -0.4 is 119 Å². The fourth-order valence-corrected chi connectivity index (χ4v) is 2.92. The summed E-state index contributed by atoms with van der Waals surface area (Å²) in [5, 5.41) is 46.4. The van der Waals surface area contributed by atoms with Crippen LogP contribution in [0, 0.1) is 0 Å². The first-order valence-electron chi connectivity index (χ1n) is 12.4. The van der Waals surface area contributed by atoms with Crippen molar-refractivity contribution in [3.05, 3.63) is 47.5 Å². The van der Waals surface area contributed by atoms with Gasteiger partial charge in [-0.25, -0.2) is 9.59 Å². The zero-order chi connectivity index (χ0) is 31.8. The van der Waals surface area contributed by atoms with Crippen molar-refractivity contribution < 1.29 is 159 Å². The Bertz CT molecular complexity index is 1130. The average molecular weight is 679 g/mol. The summed E-state index contributed by atoms with van der Waals surface area (Å²) in [5.41, 5.74) is 5.59. The number of nitrogen functional groups attached to an aromatic ring is 1. The maximum atomic E-state index is 11.5. The van der Waals surface area contributed by atoms with Gasteiger partial charge in [0.25, 0.3) is 6.47 Å². The minimum absolute atomic E-state index is 0. The van der Waals surface area contributed by atoms with Crippen LogP contribution in [0.25, 0.3) is 0 Å². The smallest absolute Gasteiger partial charge is 1.00 e. The van der Waals surface area contributed by atoms with E-state index in [1.54, 1.807) is 0 Å². The zero-order valence-electron chi connectivity index (χ0n) is 25.8. The molecule has 230 valence electrons. The summed E-state index contributed by atoms with van der Waals surface area (Å²) in [5.74, 6) is -3.15. The number of nitrogens with one attached hydrogen (secondary N) is 1. The number of amides is 1. The Morgan fingerprint density at radius 1 is 0.884 bits per heavy atom. The second kappa shape index (κ2) is 30.9. The van der Waals surface area contributed by atoms with E-state index in [4.69, 9.17) is 42.7 Å². The summed E-state index contributed by atoms with van der Waals surface area (Å²) in [6.07, 6.45) is 6.99. The largest absolute Gasteiger partial charge is 1.00 e. The second-order valence-electron chi connectivity index (χ2n) is 8.13. The number of carboxylic acid groups (broad SMARTS) is 2. The molecule has 0 aliphatic heterocycles. The summed E-state index contributed by atoms with van der Waals surface area (Å²) >= 11 is 5.07. The Morgan fingerprint density at radius 2 is 1.33 bits per heavy atom. The van der Waals surface area contributed by atoms with Crippen LogP contribution >= 0.6 is 11.6 Å². The number of rotatable bonds is 12. The zero-order valence-corrected chi connectivity index (χ0v) is 31.8. The molecule has 0 fully saturated rings. The molecule has 16 heteroatoms. The molecule has 2 aromatic carbocycles. The molecule has 0 unspecified atom stereocenters. The Morgan fingerprint density at radius 3 is 1.72 bits per heavy atom. The van der Waals surface area contributed by atoms with Gasteiger partial charge in [-0.1, -0.05) is 39.5 Å². The van der Waals surface area contributed by atoms with Crippen LogP contribution in [0.5, 0.6) is 11.5 Å². The molecule has 13 nitrogen and oxygen atoms in total. The molecule has 0 saturated heterocycles. The van der Waals surface area contributed by atoms with Crippen LogP contribution in [0.1, 0.15) is 87.4 Å². The SMILES string of the molecule is CCCCCC(=O)Cl.CCCCCC(=O)Nc1ccc(O)c(C(=O)O)c1.Nc1ccc(O)c(C(=O)O)c1.O=CO[O-].[H-].[K+].[K+]. The van der Waals surface area contributed by atoms with E-state index in [1.807, 2.05) is 0 Å². The van der Waals surface area contributed by atoms with Crippen molar-refractivity contribution in [3.63, 3.8) is 0 Å². The van der Waals surface area contributed by atoms with Gasteiger partial charge < -0.3 is 43.0 Å². The number of halogens is 1. The number of carboxylic acids is 2. The first kappa shape index (κ1) is 48.8. The number of aromatic hydroxyl groups is 2. The molecule has 0 saturated carbocycles. The van der Waals surface area contributed by atoms with Crippen molar-refractivity contribution >= 4 is 52.5 Å². The molecule has 0 bridgehead atoms. The number of hydrogen-bond donors (Lipinski definition) is 6. The first-order valence-corrected chi connectivity index (χ1v) is 12.8. The number of phenols is 2. The van der Waals surface area contributed by atoms with E-state index in [1.165, 1.54) is 36.4 Å². The van der Waals surface area contributed by atoms with Crippen LogP contribution in [0.15, 0.2) is 36.4 Å². The molecule has 0 spiro atoms. The van der Waals surface area contributed by atoms with E-state index in [2.05, 4.69) is 24.1 Å². The average Bonchev–Trinajstić information content (AvgIpc) is 2.92. The van der Waals surface area contributed by atoms with E-state index < -0.39 is 11.9 Å². The van der Waals surface area contributed by atoms with Gasteiger partial charge in [0.2, 0.25) is 11.1 Å². The van der Waals surface area contributed by atoms with Gasteiger partial charge in [-0.2, -0.15) is 0 Å². The number of nitrogens with two attached hydrogens (primary N) is 1. The number of benzene rings is 2. The molecule has 0 aliphatic carbocycles. The molecule has 2 aromatic rings. The summed E-state index contributed by atoms with van der Waals surface area (Å²) in [6.45, 7) is 3.97. The molecule has 7 N–H and O–H groups in total. The standard InChI is InChI=1S/C13H17NO4.C7H7NO3.C6H11ClO.CH2O3.2K.H/c1-2-3-4-5-12(16)14-9-6-7-11(15)10(8-9)13(17)18;8-4-1-2-6(9)5(3-4)7(10)11;1-2-3-4-5-6(7)8;2-1-4-3;;;/h6-8,15H,2-5H2,1H3,(H,14,16)(H,17,18);1-3,9H,8H2,(H,10,11);2-5H2,1H3;1,3H;;;/q;;;;2*+1;-1/p-1. The number of unbranched alkanes of at least 4 members (excludes halogenated alkanes) is 4. The van der Waals surface area contributed by atoms with Gasteiger partial charge in [0.05, 0.1) is 0 Å². The molecule has 1 amide bonds. The minimum atomic E-state index is -1.23. The van der Waals surface area contributed by atoms with Crippen LogP contribution in [0.4, 0.5) is 11.4 Å². The monoisotopic (exact) mass is 678 g/mol. The Labute approximate surface area is 341 Å². The van der Waals surface area contributed by atoms with E-state index in [9.17, 15) is 24.3 Å². The van der Waals surface area contributed by atoms with Gasteiger partial charge in [0.15, 0.2) is 0 Å².